The number of hydrogen-bond acceptors (Lipinski definition) is 6. The van der Waals surface area contributed by atoms with Gasteiger partial charge in [0, 0.05) is 12.6 Å². The van der Waals surface area contributed by atoms with Crippen LogP contribution in [0.5, 0.6) is 0 Å². The Morgan fingerprint density at radius 2 is 1.78 bits per heavy atom. The highest BCUT2D eigenvalue weighted by molar-refractivity contribution is 7.90. The van der Waals surface area contributed by atoms with E-state index in [4.69, 9.17) is 0 Å². The highest BCUT2D eigenvalue weighted by Gasteiger charge is 2.23. The van der Waals surface area contributed by atoms with Crippen LogP contribution >= 0.6 is 11.3 Å². The third-order valence-corrected chi connectivity index (χ3v) is 7.69. The Labute approximate surface area is 191 Å². The van der Waals surface area contributed by atoms with Gasteiger partial charge >= 0.3 is 0 Å². The van der Waals surface area contributed by atoms with Crippen LogP contribution in [-0.2, 0) is 26.9 Å². The molecule has 8 heteroatoms. The Kier molecular flexibility index (Phi) is 6.62. The van der Waals surface area contributed by atoms with Crippen LogP contribution in [0, 0.1) is 6.92 Å². The van der Waals surface area contributed by atoms with E-state index in [9.17, 15) is 13.2 Å². The molecule has 164 valence electrons. The Morgan fingerprint density at radius 3 is 2.50 bits per heavy atom. The number of rotatable bonds is 8. The van der Waals surface area contributed by atoms with Crippen LogP contribution in [0.1, 0.15) is 23.2 Å². The second-order valence-electron chi connectivity index (χ2n) is 7.55. The number of hydrogen-bond donors (Lipinski definition) is 0. The van der Waals surface area contributed by atoms with Gasteiger partial charge in [0.25, 0.3) is 0 Å². The standard InChI is InChI=1S/C24H23N3O3S2/c1-18-8-7-12-21-23(18)26-24(31-21)27(16-20-11-5-6-14-25-20)22(28)13-15-32(29,30)17-19-9-3-2-4-10-19/h2-12,14H,13,15-17H2,1H3. The summed E-state index contributed by atoms with van der Waals surface area (Å²) in [6.45, 7) is 2.21. The highest BCUT2D eigenvalue weighted by atomic mass is 32.2. The predicted octanol–water partition coefficient (Wildman–Crippen LogP) is 4.54. The maximum atomic E-state index is 13.2. The molecule has 0 N–H and O–H groups in total. The van der Waals surface area contributed by atoms with E-state index in [0.717, 1.165) is 15.8 Å². The zero-order valence-electron chi connectivity index (χ0n) is 17.6. The van der Waals surface area contributed by atoms with Gasteiger partial charge in [0.1, 0.15) is 0 Å². The van der Waals surface area contributed by atoms with E-state index in [2.05, 4.69) is 9.97 Å². The molecule has 0 aliphatic rings. The third-order valence-electron chi connectivity index (χ3n) is 5.04. The van der Waals surface area contributed by atoms with Crippen molar-refractivity contribution < 1.29 is 13.2 Å². The van der Waals surface area contributed by atoms with Gasteiger partial charge in [-0.05, 0) is 36.2 Å². The molecule has 32 heavy (non-hydrogen) atoms. The van der Waals surface area contributed by atoms with Crippen molar-refractivity contribution in [3.8, 4) is 0 Å². The lowest BCUT2D eigenvalue weighted by atomic mass is 10.2. The molecule has 0 aliphatic heterocycles. The van der Waals surface area contributed by atoms with Crippen LogP contribution < -0.4 is 4.90 Å². The monoisotopic (exact) mass is 465 g/mol. The second-order valence-corrected chi connectivity index (χ2v) is 10.7. The maximum Gasteiger partial charge on any atom is 0.230 e. The molecule has 2 heterocycles. The van der Waals surface area contributed by atoms with Crippen LogP contribution in [0.4, 0.5) is 5.13 Å². The van der Waals surface area contributed by atoms with Gasteiger partial charge in [-0.1, -0.05) is 59.9 Å². The number of carbonyl (C=O) groups excluding carboxylic acids is 1. The van der Waals surface area contributed by atoms with Gasteiger partial charge in [-0.3, -0.25) is 14.7 Å². The van der Waals surface area contributed by atoms with Crippen molar-refractivity contribution in [3.63, 3.8) is 0 Å². The molecule has 2 aromatic heterocycles. The number of carbonyl (C=O) groups is 1. The molecule has 0 radical (unpaired) electrons. The smallest absolute Gasteiger partial charge is 0.230 e. The summed E-state index contributed by atoms with van der Waals surface area (Å²) in [6, 6.07) is 20.4. The molecule has 0 aliphatic carbocycles. The second kappa shape index (κ2) is 9.58. The Hall–Kier alpha value is -3.10. The van der Waals surface area contributed by atoms with E-state index in [0.29, 0.717) is 16.4 Å². The van der Waals surface area contributed by atoms with Crippen molar-refractivity contribution >= 4 is 42.4 Å². The quantitative estimate of drug-likeness (QED) is 0.382. The van der Waals surface area contributed by atoms with Crippen molar-refractivity contribution in [2.75, 3.05) is 10.7 Å². The zero-order valence-corrected chi connectivity index (χ0v) is 19.3. The van der Waals surface area contributed by atoms with Crippen molar-refractivity contribution in [1.29, 1.82) is 0 Å². The number of amides is 1. The molecular formula is C24H23N3O3S2. The molecule has 0 fully saturated rings. The van der Waals surface area contributed by atoms with Crippen molar-refractivity contribution in [2.24, 2.45) is 0 Å². The van der Waals surface area contributed by atoms with Crippen molar-refractivity contribution in [3.05, 3.63) is 89.7 Å². The molecule has 0 atom stereocenters. The van der Waals surface area contributed by atoms with E-state index in [1.54, 1.807) is 35.4 Å². The van der Waals surface area contributed by atoms with E-state index >= 15 is 0 Å². The molecular weight excluding hydrogens is 442 g/mol. The van der Waals surface area contributed by atoms with Gasteiger partial charge in [0.05, 0.1) is 34.0 Å². The van der Waals surface area contributed by atoms with Crippen molar-refractivity contribution in [1.82, 2.24) is 9.97 Å². The lowest BCUT2D eigenvalue weighted by Gasteiger charge is -2.19. The predicted molar refractivity (Wildman–Crippen MR) is 128 cm³/mol. The fraction of sp³-hybridized carbons (Fsp3) is 0.208. The summed E-state index contributed by atoms with van der Waals surface area (Å²) in [7, 11) is -3.43. The van der Waals surface area contributed by atoms with Crippen molar-refractivity contribution in [2.45, 2.75) is 25.6 Å². The minimum atomic E-state index is -3.43. The summed E-state index contributed by atoms with van der Waals surface area (Å²) < 4.78 is 26.2. The lowest BCUT2D eigenvalue weighted by Crippen LogP contribution is -2.32. The fourth-order valence-corrected chi connectivity index (χ4v) is 5.77. The Balaban J connectivity index is 1.56. The molecule has 2 aromatic carbocycles. The summed E-state index contributed by atoms with van der Waals surface area (Å²) in [5, 5.41) is 0.547. The lowest BCUT2D eigenvalue weighted by molar-refractivity contribution is -0.118. The molecule has 0 bridgehead atoms. The molecule has 1 amide bonds. The third kappa shape index (κ3) is 5.38. The largest absolute Gasteiger partial charge is 0.282 e. The summed E-state index contributed by atoms with van der Waals surface area (Å²) >= 11 is 1.42. The SMILES string of the molecule is Cc1cccc2sc(N(Cc3ccccn3)C(=O)CCS(=O)(=O)Cc3ccccc3)nc12. The number of thiazole rings is 1. The van der Waals surface area contributed by atoms with E-state index in [1.165, 1.54) is 11.3 Å². The van der Waals surface area contributed by atoms with Crippen LogP contribution in [-0.4, -0.2) is 30.0 Å². The summed E-state index contributed by atoms with van der Waals surface area (Å²) in [4.78, 5) is 23.8. The number of fused-ring (bicyclic) bond motifs is 1. The summed E-state index contributed by atoms with van der Waals surface area (Å²) in [5.41, 5.74) is 3.31. The van der Waals surface area contributed by atoms with Gasteiger partial charge in [0.15, 0.2) is 15.0 Å². The zero-order chi connectivity index (χ0) is 22.6. The highest BCUT2D eigenvalue weighted by Crippen LogP contribution is 2.31. The normalized spacial score (nSPS) is 11.5. The first-order chi connectivity index (χ1) is 15.4. The van der Waals surface area contributed by atoms with Gasteiger partial charge in [0.2, 0.25) is 5.91 Å². The summed E-state index contributed by atoms with van der Waals surface area (Å²) in [6.07, 6.45) is 1.56. The average molecular weight is 466 g/mol. The Bertz CT molecular complexity index is 1320. The molecule has 0 saturated carbocycles. The molecule has 0 unspecified atom stereocenters. The van der Waals surface area contributed by atoms with E-state index in [1.807, 2.05) is 49.4 Å². The van der Waals surface area contributed by atoms with Gasteiger partial charge < -0.3 is 0 Å². The number of pyridine rings is 1. The first kappa shape index (κ1) is 22.1. The first-order valence-corrected chi connectivity index (χ1v) is 12.9. The van der Waals surface area contributed by atoms with Crippen LogP contribution in [0.25, 0.3) is 10.2 Å². The molecule has 0 spiro atoms. The van der Waals surface area contributed by atoms with Crippen LogP contribution in [0.3, 0.4) is 0 Å². The molecule has 4 aromatic rings. The summed E-state index contributed by atoms with van der Waals surface area (Å²) in [5.74, 6) is -0.588. The maximum absolute atomic E-state index is 13.2. The number of para-hydroxylation sites is 1. The van der Waals surface area contributed by atoms with E-state index in [-0.39, 0.29) is 30.4 Å². The topological polar surface area (TPSA) is 80.2 Å². The molecule has 0 saturated heterocycles. The van der Waals surface area contributed by atoms with Crippen LogP contribution in [0.15, 0.2) is 72.9 Å². The molecule has 6 nitrogen and oxygen atoms in total. The number of aromatic nitrogens is 2. The Morgan fingerprint density at radius 1 is 1.00 bits per heavy atom. The number of aryl methyl sites for hydroxylation is 1. The van der Waals surface area contributed by atoms with Crippen LogP contribution in [0.2, 0.25) is 0 Å². The number of sulfone groups is 1. The van der Waals surface area contributed by atoms with Gasteiger partial charge in [-0.2, -0.15) is 0 Å². The van der Waals surface area contributed by atoms with Gasteiger partial charge in [-0.15, -0.1) is 0 Å². The minimum absolute atomic E-state index is 0.0817. The first-order valence-electron chi connectivity index (χ1n) is 10.2. The van der Waals surface area contributed by atoms with Gasteiger partial charge in [-0.25, -0.2) is 13.4 Å². The average Bonchev–Trinajstić information content (AvgIpc) is 3.22. The number of anilines is 1. The minimum Gasteiger partial charge on any atom is -0.282 e. The number of benzene rings is 2. The van der Waals surface area contributed by atoms with E-state index < -0.39 is 9.84 Å². The molecule has 4 rings (SSSR count). The number of nitrogens with zero attached hydrogens (tertiary/aromatic N) is 3. The fourth-order valence-electron chi connectivity index (χ4n) is 3.38.